The summed E-state index contributed by atoms with van der Waals surface area (Å²) in [5.41, 5.74) is 2.36. The number of azo groups is 2. The van der Waals surface area contributed by atoms with Gasteiger partial charge in [0.05, 0.1) is 10.2 Å². The zero-order valence-corrected chi connectivity index (χ0v) is 17.5. The molecule has 2 aromatic carbocycles. The third-order valence-corrected chi connectivity index (χ3v) is 5.33. The van der Waals surface area contributed by atoms with Crippen molar-refractivity contribution in [1.82, 2.24) is 20.0 Å². The largest absolute Gasteiger partial charge is 0.506 e. The van der Waals surface area contributed by atoms with Gasteiger partial charge >= 0.3 is 0 Å². The Morgan fingerprint density at radius 3 is 2.52 bits per heavy atom. The molecule has 0 aliphatic carbocycles. The Labute approximate surface area is 174 Å². The van der Waals surface area contributed by atoms with Gasteiger partial charge in [-0.1, -0.05) is 30.3 Å². The molecule has 4 aromatic rings. The molecule has 2 aromatic heterocycles. The highest BCUT2D eigenvalue weighted by atomic mass is 79.9. The van der Waals surface area contributed by atoms with Crippen molar-refractivity contribution in [2.75, 3.05) is 0 Å². The molecule has 2 N–H and O–H groups in total. The molecule has 0 spiro atoms. The number of hydrogen-bond acceptors (Lipinski definition) is 7. The minimum Gasteiger partial charge on any atom is -0.506 e. The van der Waals surface area contributed by atoms with Crippen LogP contribution in [0.25, 0.3) is 10.8 Å². The van der Waals surface area contributed by atoms with Crippen LogP contribution in [0, 0.1) is 13.8 Å². The Morgan fingerprint density at radius 2 is 1.76 bits per heavy atom. The van der Waals surface area contributed by atoms with Crippen LogP contribution in [0.3, 0.4) is 0 Å². The summed E-state index contributed by atoms with van der Waals surface area (Å²) < 4.78 is 2.31. The lowest BCUT2D eigenvalue weighted by Gasteiger charge is -2.03. The van der Waals surface area contributed by atoms with E-state index in [9.17, 15) is 5.11 Å². The zero-order chi connectivity index (χ0) is 20.5. The van der Waals surface area contributed by atoms with Crippen LogP contribution >= 0.6 is 15.9 Å². The topological polar surface area (TPSA) is 116 Å². The van der Waals surface area contributed by atoms with Crippen LogP contribution in [0.2, 0.25) is 0 Å². The second kappa shape index (κ2) is 7.55. The van der Waals surface area contributed by atoms with E-state index in [0.717, 1.165) is 20.9 Å². The molecule has 0 fully saturated rings. The van der Waals surface area contributed by atoms with E-state index in [0.29, 0.717) is 28.7 Å². The van der Waals surface area contributed by atoms with Crippen molar-refractivity contribution in [3.8, 4) is 5.75 Å². The minimum atomic E-state index is 0.0467. The van der Waals surface area contributed by atoms with Crippen LogP contribution in [0.1, 0.15) is 11.4 Å². The van der Waals surface area contributed by atoms with Crippen molar-refractivity contribution in [3.05, 3.63) is 52.3 Å². The van der Waals surface area contributed by atoms with Crippen LogP contribution < -0.4 is 0 Å². The second-order valence-corrected chi connectivity index (χ2v) is 7.21. The molecule has 0 saturated carbocycles. The van der Waals surface area contributed by atoms with Gasteiger partial charge in [-0.25, -0.2) is 4.68 Å². The van der Waals surface area contributed by atoms with Gasteiger partial charge in [-0.15, -0.1) is 20.5 Å². The number of rotatable bonds is 4. The van der Waals surface area contributed by atoms with Crippen molar-refractivity contribution in [2.24, 2.45) is 27.5 Å². The molecule has 0 radical (unpaired) electrons. The molecule has 9 nitrogen and oxygen atoms in total. The molecule has 10 heteroatoms. The third kappa shape index (κ3) is 3.54. The van der Waals surface area contributed by atoms with Gasteiger partial charge in [0.25, 0.3) is 0 Å². The predicted molar refractivity (Wildman–Crippen MR) is 113 cm³/mol. The molecule has 146 valence electrons. The summed E-state index contributed by atoms with van der Waals surface area (Å²) in [5.74, 6) is 0.896. The number of halogens is 1. The first kappa shape index (κ1) is 18.9. The zero-order valence-electron chi connectivity index (χ0n) is 15.9. The first-order valence-electron chi connectivity index (χ1n) is 8.74. The summed E-state index contributed by atoms with van der Waals surface area (Å²) in [5, 5.41) is 40.4. The fraction of sp³-hybridized carbons (Fsp3) is 0.158. The Kier molecular flexibility index (Phi) is 4.93. The molecule has 4 rings (SSSR count). The summed E-state index contributed by atoms with van der Waals surface area (Å²) in [4.78, 5) is 0. The molecule has 2 heterocycles. The number of hydrogen-bond donors (Lipinski definition) is 2. The van der Waals surface area contributed by atoms with Gasteiger partial charge in [0.1, 0.15) is 11.4 Å². The van der Waals surface area contributed by atoms with E-state index in [1.54, 1.807) is 17.8 Å². The number of aromatic nitrogens is 4. The molecule has 29 heavy (non-hydrogen) atoms. The van der Waals surface area contributed by atoms with Crippen LogP contribution in [0.15, 0.2) is 61.3 Å². The van der Waals surface area contributed by atoms with E-state index >= 15 is 0 Å². The number of fused-ring (bicyclic) bond motifs is 1. The second-order valence-electron chi connectivity index (χ2n) is 6.42. The van der Waals surface area contributed by atoms with Crippen LogP contribution in [-0.4, -0.2) is 25.1 Å². The maximum absolute atomic E-state index is 10.3. The number of phenolic OH excluding ortho intramolecular Hbond substituents is 1. The SMILES string of the molecule is Cc1nn(C)c(N=Nc2c(O)ccc3ccccc23)c1N=Nc1n[nH]c(C)c1Br. The van der Waals surface area contributed by atoms with Gasteiger partial charge in [-0.3, -0.25) is 5.10 Å². The van der Waals surface area contributed by atoms with Gasteiger partial charge in [0, 0.05) is 18.1 Å². The molecular formula is C19H17BrN8O. The van der Waals surface area contributed by atoms with Crippen molar-refractivity contribution in [2.45, 2.75) is 13.8 Å². The number of aryl methyl sites for hydroxylation is 3. The first-order chi connectivity index (χ1) is 14.0. The number of H-pyrrole nitrogens is 1. The van der Waals surface area contributed by atoms with E-state index in [1.807, 2.05) is 44.2 Å². The monoisotopic (exact) mass is 452 g/mol. The van der Waals surface area contributed by atoms with E-state index in [-0.39, 0.29) is 5.75 Å². The summed E-state index contributed by atoms with van der Waals surface area (Å²) in [6.07, 6.45) is 0. The summed E-state index contributed by atoms with van der Waals surface area (Å²) in [7, 11) is 1.75. The smallest absolute Gasteiger partial charge is 0.209 e. The molecule has 0 amide bonds. The average Bonchev–Trinajstić information content (AvgIpc) is 3.17. The van der Waals surface area contributed by atoms with Crippen molar-refractivity contribution >= 4 is 49.7 Å². The van der Waals surface area contributed by atoms with Crippen LogP contribution in [0.4, 0.5) is 23.0 Å². The lowest BCUT2D eigenvalue weighted by atomic mass is 10.1. The van der Waals surface area contributed by atoms with E-state index in [1.165, 1.54) is 0 Å². The number of benzene rings is 2. The van der Waals surface area contributed by atoms with Gasteiger partial charge in [0.15, 0.2) is 5.69 Å². The molecule has 0 atom stereocenters. The number of nitrogens with one attached hydrogen (secondary N) is 1. The van der Waals surface area contributed by atoms with E-state index in [4.69, 9.17) is 0 Å². The summed E-state index contributed by atoms with van der Waals surface area (Å²) in [6.45, 7) is 3.69. The van der Waals surface area contributed by atoms with Crippen molar-refractivity contribution in [1.29, 1.82) is 0 Å². The number of aromatic hydroxyl groups is 1. The third-order valence-electron chi connectivity index (χ3n) is 4.38. The molecule has 0 aliphatic heterocycles. The molecule has 0 unspecified atom stereocenters. The van der Waals surface area contributed by atoms with Gasteiger partial charge in [-0.2, -0.15) is 10.2 Å². The lowest BCUT2D eigenvalue weighted by molar-refractivity contribution is 0.477. The van der Waals surface area contributed by atoms with Crippen molar-refractivity contribution in [3.63, 3.8) is 0 Å². The van der Waals surface area contributed by atoms with Gasteiger partial charge in [-0.05, 0) is 41.2 Å². The molecule has 0 bridgehead atoms. The fourth-order valence-electron chi connectivity index (χ4n) is 2.88. The normalized spacial score (nSPS) is 12.0. The molecule has 0 saturated heterocycles. The highest BCUT2D eigenvalue weighted by molar-refractivity contribution is 9.10. The van der Waals surface area contributed by atoms with Crippen LogP contribution in [0.5, 0.6) is 5.75 Å². The van der Waals surface area contributed by atoms with Gasteiger partial charge < -0.3 is 5.11 Å². The minimum absolute atomic E-state index is 0.0467. The van der Waals surface area contributed by atoms with Gasteiger partial charge in [0.2, 0.25) is 11.6 Å². The maximum Gasteiger partial charge on any atom is 0.209 e. The Hall–Kier alpha value is -3.40. The molecule has 0 aliphatic rings. The predicted octanol–water partition coefficient (Wildman–Crippen LogP) is 6.21. The molecular weight excluding hydrogens is 436 g/mol. The summed E-state index contributed by atoms with van der Waals surface area (Å²) >= 11 is 3.42. The summed E-state index contributed by atoms with van der Waals surface area (Å²) in [6, 6.07) is 11.1. The van der Waals surface area contributed by atoms with E-state index < -0.39 is 0 Å². The number of nitrogens with zero attached hydrogens (tertiary/aromatic N) is 7. The number of phenols is 1. The van der Waals surface area contributed by atoms with E-state index in [2.05, 4.69) is 51.7 Å². The Morgan fingerprint density at radius 1 is 1.00 bits per heavy atom. The van der Waals surface area contributed by atoms with Crippen molar-refractivity contribution < 1.29 is 5.11 Å². The standard InChI is InChI=1S/C19H17BrN8O/c1-10-15(20)18(24-21-10)25-22-16-11(2)27-28(3)19(16)26-23-17-13-7-5-4-6-12(13)8-9-14(17)29/h4-9,29H,1-3H3,(H,21,24). The average molecular weight is 453 g/mol. The Balaban J connectivity index is 1.76. The fourth-order valence-corrected chi connectivity index (χ4v) is 3.13. The Bertz CT molecular complexity index is 1270. The first-order valence-corrected chi connectivity index (χ1v) is 9.53. The lowest BCUT2D eigenvalue weighted by Crippen LogP contribution is -1.88. The van der Waals surface area contributed by atoms with Crippen LogP contribution in [-0.2, 0) is 7.05 Å². The number of aromatic amines is 1. The highest BCUT2D eigenvalue weighted by Crippen LogP contribution is 2.38. The quantitative estimate of drug-likeness (QED) is 0.358. The highest BCUT2D eigenvalue weighted by Gasteiger charge is 2.15. The maximum atomic E-state index is 10.3.